The Morgan fingerprint density at radius 3 is 1.94 bits per heavy atom. The van der Waals surface area contributed by atoms with Crippen molar-refractivity contribution >= 4 is 24.3 Å². The standard InChI is InChI=1S/C35H50FN4O8.Tb/c36-33-8-6-28(7-9-33)22-30(24-37)35(43)40-25-31(29-4-2-1-3-5-29)23-32(26-40)34(42)39-11-13-45-15-17-47-19-21-48-20-18-46-16-14-44-12-10-38-27-41;/h6-9,22,29,31-32H,1-5,10-21,23,25-26H2,(H,38,41)(H,39,42);/q-1;/b30-22+;. The molecule has 1 aromatic rings. The number of amides is 3. The Morgan fingerprint density at radius 2 is 1.39 bits per heavy atom. The number of nitrogens with one attached hydrogen (secondary N) is 2. The van der Waals surface area contributed by atoms with Gasteiger partial charge in [0.2, 0.25) is 5.91 Å². The van der Waals surface area contributed by atoms with E-state index in [1.54, 1.807) is 11.3 Å². The number of carbonyl (C=O) groups excluding carboxylic acids is 3. The molecule has 2 atom stereocenters. The molecule has 1 aliphatic carbocycles. The maximum atomic E-state index is 13.5. The van der Waals surface area contributed by atoms with Crippen molar-refractivity contribution in [2.75, 3.05) is 92.2 Å². The molecule has 3 rings (SSSR count). The molecule has 0 bridgehead atoms. The maximum Gasteiger partial charge on any atom is 0.264 e. The number of benzene rings is 1. The fourth-order valence-corrected chi connectivity index (χ4v) is 6.03. The summed E-state index contributed by atoms with van der Waals surface area (Å²) in [7, 11) is 0. The molecule has 12 nitrogen and oxygen atoms in total. The molecule has 14 heteroatoms. The number of likely N-dealkylation sites (tertiary alicyclic amines) is 1. The molecular formula is C35H50FN4O8Tb-. The average molecular weight is 833 g/mol. The first-order valence-electron chi connectivity index (χ1n) is 16.9. The van der Waals surface area contributed by atoms with Gasteiger partial charge < -0.3 is 44.0 Å². The van der Waals surface area contributed by atoms with Crippen molar-refractivity contribution in [1.82, 2.24) is 15.5 Å². The smallest absolute Gasteiger partial charge is 0.264 e. The predicted molar refractivity (Wildman–Crippen MR) is 176 cm³/mol. The second kappa shape index (κ2) is 26.7. The summed E-state index contributed by atoms with van der Waals surface area (Å²) in [6.07, 6.45) is 9.47. The topological polar surface area (TPSA) is 148 Å². The van der Waals surface area contributed by atoms with E-state index in [0.29, 0.717) is 104 Å². The van der Waals surface area contributed by atoms with E-state index in [1.807, 2.05) is 6.07 Å². The minimum Gasteiger partial charge on any atom is -0.528 e. The maximum absolute atomic E-state index is 13.5. The van der Waals surface area contributed by atoms with Gasteiger partial charge in [-0.25, -0.2) is 4.39 Å². The van der Waals surface area contributed by atoms with Crippen LogP contribution in [0.3, 0.4) is 0 Å². The van der Waals surface area contributed by atoms with Gasteiger partial charge in [0.25, 0.3) is 5.91 Å². The van der Waals surface area contributed by atoms with Crippen LogP contribution in [0.25, 0.3) is 6.08 Å². The molecule has 275 valence electrons. The Bertz CT molecular complexity index is 1160. The van der Waals surface area contributed by atoms with Crippen LogP contribution < -0.4 is 10.6 Å². The summed E-state index contributed by atoms with van der Waals surface area (Å²) in [5, 5.41) is 15.1. The zero-order valence-electron chi connectivity index (χ0n) is 28.1. The average Bonchev–Trinajstić information content (AvgIpc) is 3.12. The number of carbonyl (C=O) groups is 2. The number of nitrogens with zero attached hydrogens (tertiary/aromatic N) is 2. The van der Waals surface area contributed by atoms with Gasteiger partial charge in [-0.3, -0.25) is 9.59 Å². The molecule has 0 spiro atoms. The third-order valence-corrected chi connectivity index (χ3v) is 8.47. The zero-order chi connectivity index (χ0) is 34.2. The number of halogens is 1. The normalized spacial score (nSPS) is 18.3. The van der Waals surface area contributed by atoms with Gasteiger partial charge in [-0.2, -0.15) is 11.7 Å². The molecule has 0 aromatic heterocycles. The first-order chi connectivity index (χ1) is 23.5. The van der Waals surface area contributed by atoms with Crippen molar-refractivity contribution < 1.29 is 81.1 Å². The first kappa shape index (κ1) is 43.0. The Hall–Kier alpha value is -2.12. The summed E-state index contributed by atoms with van der Waals surface area (Å²) in [6, 6.07) is 7.64. The van der Waals surface area contributed by atoms with Gasteiger partial charge in [-0.1, -0.05) is 44.2 Å². The van der Waals surface area contributed by atoms with E-state index >= 15 is 0 Å². The van der Waals surface area contributed by atoms with Crippen LogP contribution in [0.15, 0.2) is 29.8 Å². The number of rotatable bonds is 23. The number of piperidine rings is 1. The van der Waals surface area contributed by atoms with Gasteiger partial charge >= 0.3 is 0 Å². The Labute approximate surface area is 320 Å². The van der Waals surface area contributed by atoms with E-state index in [1.165, 1.54) is 36.8 Å². The summed E-state index contributed by atoms with van der Waals surface area (Å²) >= 11 is 0. The number of ether oxygens (including phenoxy) is 5. The van der Waals surface area contributed by atoms with Crippen LogP contribution in [-0.2, 0) is 38.1 Å². The summed E-state index contributed by atoms with van der Waals surface area (Å²) in [6.45, 7) is 5.71. The van der Waals surface area contributed by atoms with Crippen molar-refractivity contribution in [1.29, 1.82) is 5.26 Å². The Balaban J connectivity index is 0.00000833. The molecule has 2 aliphatic rings. The summed E-state index contributed by atoms with van der Waals surface area (Å²) in [4.78, 5) is 38.4. The molecular weight excluding hydrogens is 782 g/mol. The second-order valence-corrected chi connectivity index (χ2v) is 11.9. The molecule has 1 heterocycles. The molecule has 1 radical (unpaired) electrons. The van der Waals surface area contributed by atoms with E-state index in [-0.39, 0.29) is 68.5 Å². The molecule has 2 unspecified atom stereocenters. The quantitative estimate of drug-likeness (QED) is 0.0559. The van der Waals surface area contributed by atoms with Crippen LogP contribution in [0.4, 0.5) is 4.39 Å². The monoisotopic (exact) mass is 832 g/mol. The van der Waals surface area contributed by atoms with Crippen LogP contribution >= 0.6 is 0 Å². The number of nitriles is 1. The molecule has 49 heavy (non-hydrogen) atoms. The van der Waals surface area contributed by atoms with Crippen molar-refractivity contribution in [2.24, 2.45) is 17.8 Å². The molecule has 1 aliphatic heterocycles. The van der Waals surface area contributed by atoms with E-state index in [9.17, 15) is 24.0 Å². The predicted octanol–water partition coefficient (Wildman–Crippen LogP) is 2.63. The molecule has 1 saturated heterocycles. The number of hydrogen-bond donors (Lipinski definition) is 2. The largest absolute Gasteiger partial charge is 0.528 e. The molecule has 2 fully saturated rings. The fourth-order valence-electron chi connectivity index (χ4n) is 6.03. The minimum atomic E-state index is -0.399. The van der Waals surface area contributed by atoms with Gasteiger partial charge in [0.05, 0.1) is 72.0 Å². The van der Waals surface area contributed by atoms with Crippen LogP contribution in [0, 0.1) is 73.5 Å². The van der Waals surface area contributed by atoms with Crippen LogP contribution in [0.1, 0.15) is 44.1 Å². The van der Waals surface area contributed by atoms with E-state index in [0.717, 1.165) is 25.7 Å². The minimum absolute atomic E-state index is 0. The van der Waals surface area contributed by atoms with Crippen molar-refractivity contribution in [3.8, 4) is 6.07 Å². The van der Waals surface area contributed by atoms with E-state index < -0.39 is 11.7 Å². The summed E-state index contributed by atoms with van der Waals surface area (Å²) < 4.78 is 40.6. The molecule has 1 aromatic carbocycles. The second-order valence-electron chi connectivity index (χ2n) is 11.9. The molecule has 1 saturated carbocycles. The van der Waals surface area contributed by atoms with E-state index in [2.05, 4.69) is 10.6 Å². The zero-order valence-corrected chi connectivity index (χ0v) is 30.3. The van der Waals surface area contributed by atoms with Crippen molar-refractivity contribution in [3.63, 3.8) is 0 Å². The van der Waals surface area contributed by atoms with Gasteiger partial charge in [-0.05, 0) is 42.0 Å². The van der Waals surface area contributed by atoms with Crippen molar-refractivity contribution in [3.05, 3.63) is 41.2 Å². The summed E-state index contributed by atoms with van der Waals surface area (Å²) in [5.41, 5.74) is 0.538. The molecule has 3 amide bonds. The SMILES string of the molecule is N#C/C(=C\c1ccc(F)cc1)C(=O)N1CC(C(=O)NCCOCCOCCOCCOCCOCCN[C-]=O)CC(C2CCCCC2)C1.[Tb]. The first-order valence-corrected chi connectivity index (χ1v) is 16.9. The van der Waals surface area contributed by atoms with Gasteiger partial charge in [0, 0.05) is 64.8 Å². The third kappa shape index (κ3) is 17.6. The van der Waals surface area contributed by atoms with Gasteiger partial charge in [0.15, 0.2) is 0 Å². The third-order valence-electron chi connectivity index (χ3n) is 8.47. The van der Waals surface area contributed by atoms with Crippen LogP contribution in [-0.4, -0.2) is 115 Å². The molecule has 2 N–H and O–H groups in total. The Kier molecular flexibility index (Phi) is 23.4. The summed E-state index contributed by atoms with van der Waals surface area (Å²) in [5.74, 6) is -0.643. The Morgan fingerprint density at radius 1 is 0.837 bits per heavy atom. The fraction of sp³-hybridized carbons (Fsp3) is 0.657. The van der Waals surface area contributed by atoms with Crippen LogP contribution in [0.5, 0.6) is 0 Å². The van der Waals surface area contributed by atoms with E-state index in [4.69, 9.17) is 23.7 Å². The van der Waals surface area contributed by atoms with Crippen molar-refractivity contribution in [2.45, 2.75) is 38.5 Å². The van der Waals surface area contributed by atoms with Crippen LogP contribution in [0.2, 0.25) is 0 Å². The van der Waals surface area contributed by atoms with Gasteiger partial charge in [0.1, 0.15) is 17.5 Å². The van der Waals surface area contributed by atoms with Gasteiger partial charge in [-0.15, -0.1) is 0 Å². The number of hydrogen-bond acceptors (Lipinski definition) is 9.